The van der Waals surface area contributed by atoms with Crippen LogP contribution in [0, 0.1) is 0 Å². The van der Waals surface area contributed by atoms with Crippen molar-refractivity contribution in [3.8, 4) is 0 Å². The van der Waals surface area contributed by atoms with Gasteiger partial charge in [0.1, 0.15) is 0 Å². The van der Waals surface area contributed by atoms with E-state index in [0.29, 0.717) is 0 Å². The summed E-state index contributed by atoms with van der Waals surface area (Å²) in [6.45, 7) is 4.35. The highest BCUT2D eigenvalue weighted by Crippen LogP contribution is 2.15. The van der Waals surface area contributed by atoms with Crippen molar-refractivity contribution in [2.45, 2.75) is 6.42 Å². The zero-order valence-corrected chi connectivity index (χ0v) is 10.4. The van der Waals surface area contributed by atoms with E-state index in [1.54, 1.807) is 0 Å². The van der Waals surface area contributed by atoms with Gasteiger partial charge in [-0.25, -0.2) is 0 Å². The number of benzene rings is 1. The number of para-hydroxylation sites is 1. The maximum Gasteiger partial charge on any atom is 0.0739 e. The molecule has 0 unspecified atom stereocenters. The minimum atomic E-state index is 0.883. The largest absolute Gasteiger partial charge is 0.375 e. The zero-order chi connectivity index (χ0) is 12.2. The first kappa shape index (κ1) is 11.3. The first-order valence-corrected chi connectivity index (χ1v) is 6.47. The monoisotopic (exact) mass is 242 g/mol. The fourth-order valence-electron chi connectivity index (χ4n) is 2.32. The van der Waals surface area contributed by atoms with Gasteiger partial charge in [0.2, 0.25) is 0 Å². The Balaban J connectivity index is 1.67. The second-order valence-electron chi connectivity index (χ2n) is 4.59. The lowest BCUT2D eigenvalue weighted by molar-refractivity contribution is 0.323. The number of fused-ring (bicyclic) bond motifs is 1. The summed E-state index contributed by atoms with van der Waals surface area (Å²) in [5.74, 6) is 0. The quantitative estimate of drug-likeness (QED) is 0.857. The van der Waals surface area contributed by atoms with Crippen LogP contribution in [-0.4, -0.2) is 41.3 Å². The van der Waals surface area contributed by atoms with E-state index in [9.17, 15) is 0 Å². The highest BCUT2D eigenvalue weighted by atomic mass is 15.2. The summed E-state index contributed by atoms with van der Waals surface area (Å²) in [5, 5.41) is 12.0. The molecule has 4 heteroatoms. The predicted molar refractivity (Wildman–Crippen MR) is 73.4 cm³/mol. The molecule has 0 saturated carbocycles. The van der Waals surface area contributed by atoms with Crippen LogP contribution in [0.1, 0.15) is 5.69 Å². The predicted octanol–water partition coefficient (Wildman–Crippen LogP) is 1.52. The first-order valence-electron chi connectivity index (χ1n) is 6.47. The van der Waals surface area contributed by atoms with E-state index in [2.05, 4.69) is 50.9 Å². The van der Waals surface area contributed by atoms with Crippen LogP contribution in [0.25, 0.3) is 10.9 Å². The Morgan fingerprint density at radius 3 is 2.94 bits per heavy atom. The Morgan fingerprint density at radius 1 is 1.22 bits per heavy atom. The summed E-state index contributed by atoms with van der Waals surface area (Å²) in [6.07, 6.45) is 5.28. The van der Waals surface area contributed by atoms with Gasteiger partial charge in [0.25, 0.3) is 0 Å². The average molecular weight is 242 g/mol. The topological polar surface area (TPSA) is 44.0 Å². The molecular formula is C14H18N4. The summed E-state index contributed by atoms with van der Waals surface area (Å²) in [4.78, 5) is 2.35. The lowest BCUT2D eigenvalue weighted by Gasteiger charge is -2.25. The third kappa shape index (κ3) is 2.38. The van der Waals surface area contributed by atoms with Crippen molar-refractivity contribution in [2.75, 3.05) is 26.2 Å². The van der Waals surface area contributed by atoms with Crippen LogP contribution in [0.5, 0.6) is 0 Å². The van der Waals surface area contributed by atoms with E-state index in [0.717, 1.165) is 43.8 Å². The van der Waals surface area contributed by atoms with Crippen LogP contribution >= 0.6 is 0 Å². The number of hydrogen-bond acceptors (Lipinski definition) is 3. The third-order valence-electron chi connectivity index (χ3n) is 3.33. The lowest BCUT2D eigenvalue weighted by atomic mass is 10.1. The first-order chi connectivity index (χ1) is 8.93. The van der Waals surface area contributed by atoms with Crippen molar-refractivity contribution >= 4 is 10.9 Å². The van der Waals surface area contributed by atoms with E-state index in [4.69, 9.17) is 0 Å². The normalized spacial score (nSPS) is 16.8. The Labute approximate surface area is 107 Å². The molecule has 0 aliphatic carbocycles. The maximum atomic E-state index is 4.37. The number of aromatic nitrogens is 2. The molecule has 1 aliphatic heterocycles. The van der Waals surface area contributed by atoms with Crippen LogP contribution in [0.4, 0.5) is 0 Å². The van der Waals surface area contributed by atoms with Gasteiger partial charge in [-0.3, -0.25) is 5.10 Å². The van der Waals surface area contributed by atoms with Crippen LogP contribution in [-0.2, 0) is 6.42 Å². The number of allylic oxidation sites excluding steroid dienone is 1. The number of nitrogens with zero attached hydrogens (tertiary/aromatic N) is 2. The number of hydrogen-bond donors (Lipinski definition) is 2. The number of rotatable bonds is 3. The SMILES string of the molecule is C(=CN1CCNCC1)Cc1n[nH]c2ccccc12. The van der Waals surface area contributed by atoms with Gasteiger partial charge >= 0.3 is 0 Å². The van der Waals surface area contributed by atoms with Crippen molar-refractivity contribution in [1.29, 1.82) is 0 Å². The summed E-state index contributed by atoms with van der Waals surface area (Å²) < 4.78 is 0. The van der Waals surface area contributed by atoms with Gasteiger partial charge < -0.3 is 10.2 Å². The molecule has 0 radical (unpaired) electrons. The summed E-state index contributed by atoms with van der Waals surface area (Å²) in [5.41, 5.74) is 2.24. The third-order valence-corrected chi connectivity index (χ3v) is 3.33. The number of nitrogens with one attached hydrogen (secondary N) is 2. The number of piperazine rings is 1. The molecule has 1 aromatic heterocycles. The highest BCUT2D eigenvalue weighted by Gasteiger charge is 2.05. The molecule has 0 amide bonds. The van der Waals surface area contributed by atoms with Crippen LogP contribution in [0.3, 0.4) is 0 Å². The molecule has 3 rings (SSSR count). The highest BCUT2D eigenvalue weighted by molar-refractivity contribution is 5.81. The minimum Gasteiger partial charge on any atom is -0.375 e. The van der Waals surface area contributed by atoms with E-state index in [1.807, 2.05) is 6.07 Å². The van der Waals surface area contributed by atoms with Gasteiger partial charge in [-0.1, -0.05) is 24.3 Å². The summed E-state index contributed by atoms with van der Waals surface area (Å²) >= 11 is 0. The molecule has 1 aliphatic rings. The van der Waals surface area contributed by atoms with Crippen molar-refractivity contribution in [3.63, 3.8) is 0 Å². The molecule has 0 bridgehead atoms. The second-order valence-corrected chi connectivity index (χ2v) is 4.59. The number of H-pyrrole nitrogens is 1. The Bertz CT molecular complexity index is 537. The van der Waals surface area contributed by atoms with E-state index < -0.39 is 0 Å². The molecule has 1 aromatic carbocycles. The fraction of sp³-hybridized carbons (Fsp3) is 0.357. The molecule has 94 valence electrons. The van der Waals surface area contributed by atoms with Gasteiger partial charge in [-0.2, -0.15) is 5.10 Å². The maximum absolute atomic E-state index is 4.37. The van der Waals surface area contributed by atoms with Crippen LogP contribution in [0.2, 0.25) is 0 Å². The smallest absolute Gasteiger partial charge is 0.0739 e. The Hall–Kier alpha value is -1.81. The molecule has 1 saturated heterocycles. The van der Waals surface area contributed by atoms with Gasteiger partial charge in [0.05, 0.1) is 11.2 Å². The van der Waals surface area contributed by atoms with Gasteiger partial charge in [-0.15, -0.1) is 0 Å². The molecule has 0 atom stereocenters. The molecule has 1 fully saturated rings. The van der Waals surface area contributed by atoms with E-state index in [-0.39, 0.29) is 0 Å². The molecule has 0 spiro atoms. The van der Waals surface area contributed by atoms with Crippen LogP contribution in [0.15, 0.2) is 36.5 Å². The molecular weight excluding hydrogens is 224 g/mol. The molecule has 4 nitrogen and oxygen atoms in total. The lowest BCUT2D eigenvalue weighted by Crippen LogP contribution is -2.40. The van der Waals surface area contributed by atoms with Crippen molar-refractivity contribution in [2.24, 2.45) is 0 Å². The minimum absolute atomic E-state index is 0.883. The van der Waals surface area contributed by atoms with Crippen LogP contribution < -0.4 is 5.32 Å². The zero-order valence-electron chi connectivity index (χ0n) is 10.4. The summed E-state index contributed by atoms with van der Waals surface area (Å²) in [6, 6.07) is 8.26. The van der Waals surface area contributed by atoms with Gasteiger partial charge in [-0.05, 0) is 12.3 Å². The Morgan fingerprint density at radius 2 is 2.06 bits per heavy atom. The molecule has 18 heavy (non-hydrogen) atoms. The Kier molecular flexibility index (Phi) is 3.28. The standard InChI is InChI=1S/C14H18N4/c1-2-5-13-12(4-1)14(17-16-13)6-3-9-18-10-7-15-8-11-18/h1-5,9,15H,6-8,10-11H2,(H,16,17). The van der Waals surface area contributed by atoms with Gasteiger partial charge in [0, 0.05) is 38.0 Å². The van der Waals surface area contributed by atoms with E-state index >= 15 is 0 Å². The summed E-state index contributed by atoms with van der Waals surface area (Å²) in [7, 11) is 0. The molecule has 2 N–H and O–H groups in total. The van der Waals surface area contributed by atoms with Crippen molar-refractivity contribution in [3.05, 3.63) is 42.2 Å². The average Bonchev–Trinajstić information content (AvgIpc) is 2.84. The van der Waals surface area contributed by atoms with E-state index in [1.165, 1.54) is 5.39 Å². The molecule has 2 aromatic rings. The molecule has 2 heterocycles. The fourth-order valence-corrected chi connectivity index (χ4v) is 2.32. The van der Waals surface area contributed by atoms with Crippen molar-refractivity contribution < 1.29 is 0 Å². The van der Waals surface area contributed by atoms with Gasteiger partial charge in [0.15, 0.2) is 0 Å². The second kappa shape index (κ2) is 5.23. The van der Waals surface area contributed by atoms with Crippen molar-refractivity contribution in [1.82, 2.24) is 20.4 Å². The number of aromatic amines is 1.